The molecular formula is C17H18INO6. The molecule has 0 aliphatic carbocycles. The van der Waals surface area contributed by atoms with Crippen LogP contribution in [0.3, 0.4) is 0 Å². The van der Waals surface area contributed by atoms with Gasteiger partial charge in [-0.25, -0.2) is 4.79 Å². The highest BCUT2D eigenvalue weighted by Crippen LogP contribution is 2.29. The van der Waals surface area contributed by atoms with Crippen molar-refractivity contribution in [3.8, 4) is 0 Å². The lowest BCUT2D eigenvalue weighted by molar-refractivity contribution is -0.158. The number of nitrogens with zero attached hydrogens (tertiary/aromatic N) is 1. The standard InChI is InChI=1S/C17H18INO6/c1-4-25-17(22)19-9-10(14-12(18)6-5-7-13(14)19)8-11(15(20)23-2)16(21)24-3/h5-7,9,11H,4,8H2,1-3H3. The fourth-order valence-corrected chi connectivity index (χ4v) is 3.42. The summed E-state index contributed by atoms with van der Waals surface area (Å²) < 4.78 is 16.7. The zero-order valence-corrected chi connectivity index (χ0v) is 16.2. The monoisotopic (exact) mass is 459 g/mol. The van der Waals surface area contributed by atoms with Gasteiger partial charge in [-0.2, -0.15) is 0 Å². The van der Waals surface area contributed by atoms with Crippen molar-refractivity contribution in [3.63, 3.8) is 0 Å². The Hall–Kier alpha value is -2.10. The third-order valence-corrected chi connectivity index (χ3v) is 4.62. The van der Waals surface area contributed by atoms with Crippen molar-refractivity contribution >= 4 is 51.5 Å². The topological polar surface area (TPSA) is 83.8 Å². The summed E-state index contributed by atoms with van der Waals surface area (Å²) in [5.41, 5.74) is 1.31. The number of halogens is 1. The van der Waals surface area contributed by atoms with E-state index in [9.17, 15) is 14.4 Å². The molecular weight excluding hydrogens is 441 g/mol. The van der Waals surface area contributed by atoms with E-state index in [1.807, 2.05) is 12.1 Å². The molecule has 1 heterocycles. The fourth-order valence-electron chi connectivity index (χ4n) is 2.59. The largest absolute Gasteiger partial charge is 0.468 e. The summed E-state index contributed by atoms with van der Waals surface area (Å²) in [5.74, 6) is -2.48. The third-order valence-electron chi connectivity index (χ3n) is 3.72. The molecule has 1 aromatic carbocycles. The fraction of sp³-hybridized carbons (Fsp3) is 0.353. The molecule has 0 atom stereocenters. The smallest absolute Gasteiger partial charge is 0.418 e. The molecule has 0 fully saturated rings. The van der Waals surface area contributed by atoms with Crippen LogP contribution >= 0.6 is 22.6 Å². The first-order valence-corrected chi connectivity index (χ1v) is 8.63. The number of methoxy groups -OCH3 is 2. The minimum atomic E-state index is -1.10. The maximum absolute atomic E-state index is 12.2. The lowest BCUT2D eigenvalue weighted by Gasteiger charge is -2.12. The van der Waals surface area contributed by atoms with Crippen LogP contribution in [0.25, 0.3) is 10.9 Å². The first kappa shape index (κ1) is 19.2. The van der Waals surface area contributed by atoms with Crippen molar-refractivity contribution in [3.05, 3.63) is 33.5 Å². The lowest BCUT2D eigenvalue weighted by atomic mass is 9.99. The van der Waals surface area contributed by atoms with E-state index in [0.717, 1.165) is 8.96 Å². The van der Waals surface area contributed by atoms with E-state index < -0.39 is 23.9 Å². The van der Waals surface area contributed by atoms with E-state index in [1.54, 1.807) is 19.2 Å². The van der Waals surface area contributed by atoms with Crippen LogP contribution in [0, 0.1) is 9.49 Å². The third kappa shape index (κ3) is 3.94. The molecule has 0 spiro atoms. The van der Waals surface area contributed by atoms with Crippen molar-refractivity contribution in [1.29, 1.82) is 0 Å². The number of esters is 2. The summed E-state index contributed by atoms with van der Waals surface area (Å²) in [7, 11) is 2.42. The SMILES string of the molecule is CCOC(=O)n1cc(CC(C(=O)OC)C(=O)OC)c2c(I)cccc21. The van der Waals surface area contributed by atoms with Crippen LogP contribution in [-0.2, 0) is 30.2 Å². The van der Waals surface area contributed by atoms with Gasteiger partial charge in [0.15, 0.2) is 5.92 Å². The highest BCUT2D eigenvalue weighted by Gasteiger charge is 2.31. The van der Waals surface area contributed by atoms with Crippen LogP contribution in [0.15, 0.2) is 24.4 Å². The second-order valence-corrected chi connectivity index (χ2v) is 6.32. The van der Waals surface area contributed by atoms with E-state index in [-0.39, 0.29) is 13.0 Å². The number of carbonyl (C=O) groups is 3. The van der Waals surface area contributed by atoms with Gasteiger partial charge < -0.3 is 14.2 Å². The molecule has 0 saturated carbocycles. The van der Waals surface area contributed by atoms with Gasteiger partial charge in [0.05, 0.1) is 26.3 Å². The van der Waals surface area contributed by atoms with E-state index >= 15 is 0 Å². The maximum Gasteiger partial charge on any atom is 0.418 e. The normalized spacial score (nSPS) is 10.8. The van der Waals surface area contributed by atoms with Crippen molar-refractivity contribution in [2.75, 3.05) is 20.8 Å². The Labute approximate surface area is 158 Å². The Balaban J connectivity index is 2.55. The molecule has 0 aliphatic rings. The van der Waals surface area contributed by atoms with E-state index in [4.69, 9.17) is 14.2 Å². The highest BCUT2D eigenvalue weighted by molar-refractivity contribution is 14.1. The van der Waals surface area contributed by atoms with Crippen molar-refractivity contribution in [1.82, 2.24) is 4.57 Å². The lowest BCUT2D eigenvalue weighted by Crippen LogP contribution is -2.28. The Kier molecular flexibility index (Phi) is 6.40. The van der Waals surface area contributed by atoms with E-state index in [2.05, 4.69) is 22.6 Å². The molecule has 0 saturated heterocycles. The highest BCUT2D eigenvalue weighted by atomic mass is 127. The molecule has 0 radical (unpaired) electrons. The summed E-state index contributed by atoms with van der Waals surface area (Å²) >= 11 is 2.14. The van der Waals surface area contributed by atoms with Crippen LogP contribution in [0.4, 0.5) is 4.79 Å². The zero-order chi connectivity index (χ0) is 18.6. The average Bonchev–Trinajstić information content (AvgIpc) is 2.98. The van der Waals surface area contributed by atoms with E-state index in [1.165, 1.54) is 18.8 Å². The van der Waals surface area contributed by atoms with Crippen molar-refractivity contribution in [2.24, 2.45) is 5.92 Å². The van der Waals surface area contributed by atoms with Gasteiger partial charge in [0.1, 0.15) is 0 Å². The van der Waals surface area contributed by atoms with Gasteiger partial charge in [0, 0.05) is 15.2 Å². The van der Waals surface area contributed by atoms with Crippen molar-refractivity contribution in [2.45, 2.75) is 13.3 Å². The number of benzene rings is 1. The van der Waals surface area contributed by atoms with Gasteiger partial charge >= 0.3 is 18.0 Å². The number of aromatic nitrogens is 1. The molecule has 1 aromatic heterocycles. The molecule has 2 aromatic rings. The molecule has 134 valence electrons. The number of carbonyl (C=O) groups excluding carboxylic acids is 3. The van der Waals surface area contributed by atoms with Crippen molar-refractivity contribution < 1.29 is 28.6 Å². The number of hydrogen-bond donors (Lipinski definition) is 0. The minimum Gasteiger partial charge on any atom is -0.468 e. The number of hydrogen-bond acceptors (Lipinski definition) is 6. The average molecular weight is 459 g/mol. The molecule has 0 N–H and O–H groups in total. The predicted molar refractivity (Wildman–Crippen MR) is 98.3 cm³/mol. The maximum atomic E-state index is 12.2. The molecule has 0 aliphatic heterocycles. The van der Waals surface area contributed by atoms with Gasteiger partial charge in [-0.1, -0.05) is 6.07 Å². The first-order valence-electron chi connectivity index (χ1n) is 7.55. The second-order valence-electron chi connectivity index (χ2n) is 5.16. The van der Waals surface area contributed by atoms with Gasteiger partial charge in [0.2, 0.25) is 0 Å². The molecule has 0 bridgehead atoms. The molecule has 0 amide bonds. The van der Waals surface area contributed by atoms with Gasteiger partial charge in [-0.3, -0.25) is 14.2 Å². The first-order chi connectivity index (χ1) is 11.9. The predicted octanol–water partition coefficient (Wildman–Crippen LogP) is 2.76. The summed E-state index contributed by atoms with van der Waals surface area (Å²) in [5, 5.41) is 0.786. The Bertz CT molecular complexity index is 797. The van der Waals surface area contributed by atoms with Crippen LogP contribution < -0.4 is 0 Å². The molecule has 0 unspecified atom stereocenters. The molecule has 8 heteroatoms. The van der Waals surface area contributed by atoms with Crippen LogP contribution in [0.5, 0.6) is 0 Å². The van der Waals surface area contributed by atoms with Crippen LogP contribution in [0.1, 0.15) is 12.5 Å². The number of ether oxygens (including phenoxy) is 3. The number of fused-ring (bicyclic) bond motifs is 1. The van der Waals surface area contributed by atoms with Gasteiger partial charge in [-0.15, -0.1) is 0 Å². The van der Waals surface area contributed by atoms with Gasteiger partial charge in [-0.05, 0) is 53.6 Å². The summed E-state index contributed by atoms with van der Waals surface area (Å²) in [6.07, 6.45) is 1.12. The van der Waals surface area contributed by atoms with Crippen LogP contribution in [0.2, 0.25) is 0 Å². The molecule has 2 rings (SSSR count). The molecule has 7 nitrogen and oxygen atoms in total. The Morgan fingerprint density at radius 3 is 2.36 bits per heavy atom. The quantitative estimate of drug-likeness (QED) is 0.296. The summed E-state index contributed by atoms with van der Waals surface area (Å²) in [6.45, 7) is 1.96. The Morgan fingerprint density at radius 1 is 1.16 bits per heavy atom. The Morgan fingerprint density at radius 2 is 1.80 bits per heavy atom. The zero-order valence-electron chi connectivity index (χ0n) is 14.1. The summed E-state index contributed by atoms with van der Waals surface area (Å²) in [6, 6.07) is 5.48. The second kappa shape index (κ2) is 8.32. The van der Waals surface area contributed by atoms with Crippen LogP contribution in [-0.4, -0.2) is 43.4 Å². The minimum absolute atomic E-state index is 0.0578. The van der Waals surface area contributed by atoms with E-state index in [0.29, 0.717) is 11.1 Å². The van der Waals surface area contributed by atoms with Gasteiger partial charge in [0.25, 0.3) is 0 Å². The number of rotatable bonds is 5. The summed E-state index contributed by atoms with van der Waals surface area (Å²) in [4.78, 5) is 36.1. The molecule has 25 heavy (non-hydrogen) atoms.